The van der Waals surface area contributed by atoms with Crippen LogP contribution in [0.25, 0.3) is 0 Å². The van der Waals surface area contributed by atoms with Crippen molar-refractivity contribution in [2.75, 3.05) is 31.9 Å². The normalized spacial score (nSPS) is 25.2. The highest BCUT2D eigenvalue weighted by Crippen LogP contribution is 2.45. The zero-order valence-electron chi connectivity index (χ0n) is 18.0. The molecule has 0 radical (unpaired) electrons. The van der Waals surface area contributed by atoms with Gasteiger partial charge in [-0.15, -0.1) is 0 Å². The number of likely N-dealkylation sites (tertiary alicyclic amines) is 1. The average molecular weight is 435 g/mol. The highest BCUT2D eigenvalue weighted by Gasteiger charge is 2.58. The van der Waals surface area contributed by atoms with Gasteiger partial charge in [-0.3, -0.25) is 4.90 Å². The number of benzene rings is 1. The molecule has 2 atom stereocenters. The zero-order chi connectivity index (χ0) is 21.5. The van der Waals surface area contributed by atoms with Crippen LogP contribution >= 0.6 is 0 Å². The van der Waals surface area contributed by atoms with Gasteiger partial charge in [0, 0.05) is 44.2 Å². The monoisotopic (exact) mass is 434 g/mol. The van der Waals surface area contributed by atoms with Crippen LogP contribution in [-0.2, 0) is 22.0 Å². The number of hydrogen-bond donors (Lipinski definition) is 0. The average Bonchev–Trinajstić information content (AvgIpc) is 3.36. The molecule has 8 nitrogen and oxygen atoms in total. The van der Waals surface area contributed by atoms with Gasteiger partial charge in [-0.05, 0) is 33.8 Å². The number of aromatic nitrogens is 2. The fourth-order valence-electron chi connectivity index (χ4n) is 4.68. The van der Waals surface area contributed by atoms with E-state index in [0.29, 0.717) is 31.3 Å². The Morgan fingerprint density at radius 1 is 1.27 bits per heavy atom. The van der Waals surface area contributed by atoms with Gasteiger partial charge in [0.05, 0.1) is 17.3 Å². The molecule has 164 valence electrons. The van der Waals surface area contributed by atoms with Crippen molar-refractivity contribution in [3.05, 3.63) is 41.5 Å². The molecule has 1 aromatic carbocycles. The topological polar surface area (TPSA) is 88.8 Å². The number of ether oxygens (including phenoxy) is 1. The molecule has 3 heterocycles. The minimum Gasteiger partial charge on any atom is -0.491 e. The summed E-state index contributed by atoms with van der Waals surface area (Å²) in [4.78, 5) is 6.87. The van der Waals surface area contributed by atoms with Crippen LogP contribution in [0.1, 0.15) is 38.0 Å². The number of aryl methyl sites for hydroxylation is 1. The summed E-state index contributed by atoms with van der Waals surface area (Å²) in [5.41, 5.74) is 0.651. The summed E-state index contributed by atoms with van der Waals surface area (Å²) in [5.74, 6) is 2.22. The summed E-state index contributed by atoms with van der Waals surface area (Å²) in [6, 6.07) is 8.09. The third-order valence-corrected chi connectivity index (χ3v) is 7.88. The summed E-state index contributed by atoms with van der Waals surface area (Å²) in [6.07, 6.45) is 0.102. The van der Waals surface area contributed by atoms with Gasteiger partial charge in [0.2, 0.25) is 15.9 Å². The number of rotatable bonds is 7. The highest BCUT2D eigenvalue weighted by molar-refractivity contribution is 7.89. The van der Waals surface area contributed by atoms with Crippen molar-refractivity contribution >= 4 is 10.0 Å². The summed E-state index contributed by atoms with van der Waals surface area (Å²) in [6.45, 7) is 10.6. The predicted octanol–water partition coefficient (Wildman–Crippen LogP) is 2.20. The first kappa shape index (κ1) is 21.3. The van der Waals surface area contributed by atoms with E-state index in [0.717, 1.165) is 24.4 Å². The van der Waals surface area contributed by atoms with Gasteiger partial charge in [0.15, 0.2) is 5.82 Å². The van der Waals surface area contributed by atoms with Crippen molar-refractivity contribution in [1.82, 2.24) is 19.3 Å². The maximum absolute atomic E-state index is 12.6. The summed E-state index contributed by atoms with van der Waals surface area (Å²) in [5, 5.41) is 3.99. The molecule has 2 fully saturated rings. The first-order chi connectivity index (χ1) is 14.2. The van der Waals surface area contributed by atoms with Crippen molar-refractivity contribution in [2.24, 2.45) is 5.92 Å². The molecule has 2 aliphatic rings. The lowest BCUT2D eigenvalue weighted by atomic mass is 9.81. The van der Waals surface area contributed by atoms with Gasteiger partial charge >= 0.3 is 0 Å². The smallest absolute Gasteiger partial charge is 0.235 e. The van der Waals surface area contributed by atoms with Crippen LogP contribution < -0.4 is 4.74 Å². The second-order valence-corrected chi connectivity index (χ2v) is 10.9. The molecule has 2 saturated heterocycles. The van der Waals surface area contributed by atoms with E-state index in [1.807, 2.05) is 32.0 Å². The van der Waals surface area contributed by atoms with Crippen LogP contribution in [0.3, 0.4) is 0 Å². The maximum atomic E-state index is 12.6. The molecule has 0 N–H and O–H groups in total. The Balaban J connectivity index is 1.60. The van der Waals surface area contributed by atoms with E-state index in [2.05, 4.69) is 21.1 Å². The third kappa shape index (κ3) is 3.86. The maximum Gasteiger partial charge on any atom is 0.235 e. The van der Waals surface area contributed by atoms with Crippen molar-refractivity contribution in [3.8, 4) is 5.75 Å². The Morgan fingerprint density at radius 2 is 2.03 bits per heavy atom. The lowest BCUT2D eigenvalue weighted by Crippen LogP contribution is -2.40. The molecule has 30 heavy (non-hydrogen) atoms. The largest absolute Gasteiger partial charge is 0.491 e. The molecule has 9 heteroatoms. The second-order valence-electron chi connectivity index (χ2n) is 8.64. The molecule has 2 aliphatic heterocycles. The minimum atomic E-state index is -3.27. The van der Waals surface area contributed by atoms with Crippen LogP contribution in [0.2, 0.25) is 0 Å². The van der Waals surface area contributed by atoms with E-state index in [9.17, 15) is 8.42 Å². The van der Waals surface area contributed by atoms with Crippen molar-refractivity contribution in [3.63, 3.8) is 0 Å². The second kappa shape index (κ2) is 7.94. The Labute approximate surface area is 178 Å². The predicted molar refractivity (Wildman–Crippen MR) is 113 cm³/mol. The van der Waals surface area contributed by atoms with E-state index in [-0.39, 0.29) is 17.8 Å². The number of sulfonamides is 1. The third-order valence-electron chi connectivity index (χ3n) is 6.09. The van der Waals surface area contributed by atoms with Crippen LogP contribution in [0.4, 0.5) is 0 Å². The number of fused-ring (bicyclic) bond motifs is 1. The lowest BCUT2D eigenvalue weighted by molar-refractivity contribution is 0.225. The van der Waals surface area contributed by atoms with E-state index in [1.54, 1.807) is 18.2 Å². The first-order valence-electron chi connectivity index (χ1n) is 10.5. The van der Waals surface area contributed by atoms with Gasteiger partial charge < -0.3 is 9.26 Å². The summed E-state index contributed by atoms with van der Waals surface area (Å²) < 4.78 is 38.3. The molecule has 2 aromatic rings. The van der Waals surface area contributed by atoms with E-state index in [4.69, 9.17) is 9.26 Å². The molecule has 0 saturated carbocycles. The Hall–Kier alpha value is -1.97. The Bertz CT molecular complexity index is 1010. The van der Waals surface area contributed by atoms with Crippen molar-refractivity contribution in [2.45, 2.75) is 45.8 Å². The van der Waals surface area contributed by atoms with Crippen molar-refractivity contribution in [1.29, 1.82) is 0 Å². The number of nitrogens with zero attached hydrogens (tertiary/aromatic N) is 4. The van der Waals surface area contributed by atoms with Crippen molar-refractivity contribution < 1.29 is 17.7 Å². The fraction of sp³-hybridized carbons (Fsp3) is 0.619. The molecule has 0 amide bonds. The molecular formula is C21H30N4O4S. The fourth-order valence-corrected chi connectivity index (χ4v) is 5.88. The van der Waals surface area contributed by atoms with Crippen LogP contribution in [0.15, 0.2) is 28.8 Å². The van der Waals surface area contributed by atoms with E-state index < -0.39 is 15.4 Å². The lowest BCUT2D eigenvalue weighted by Gasteiger charge is -2.26. The van der Waals surface area contributed by atoms with Gasteiger partial charge in [0.1, 0.15) is 5.75 Å². The van der Waals surface area contributed by atoms with Gasteiger partial charge in [-0.1, -0.05) is 23.4 Å². The Kier molecular flexibility index (Phi) is 5.63. The number of hydrogen-bond acceptors (Lipinski definition) is 7. The SMILES string of the molecule is CCS(=O)(=O)N1C[C@@H]2CN(Cc3ccccc3OC(C)C)C[C@]2(c2nc(C)no2)C1. The van der Waals surface area contributed by atoms with E-state index in [1.165, 1.54) is 0 Å². The van der Waals surface area contributed by atoms with Gasteiger partial charge in [-0.2, -0.15) is 4.98 Å². The zero-order valence-corrected chi connectivity index (χ0v) is 18.9. The molecule has 4 rings (SSSR count). The highest BCUT2D eigenvalue weighted by atomic mass is 32.2. The van der Waals surface area contributed by atoms with Crippen LogP contribution in [0.5, 0.6) is 5.75 Å². The number of para-hydroxylation sites is 1. The summed E-state index contributed by atoms with van der Waals surface area (Å²) in [7, 11) is -3.27. The molecule has 0 spiro atoms. The molecular weight excluding hydrogens is 404 g/mol. The minimum absolute atomic E-state index is 0.0995. The van der Waals surface area contributed by atoms with Crippen LogP contribution in [-0.4, -0.2) is 65.8 Å². The summed E-state index contributed by atoms with van der Waals surface area (Å²) >= 11 is 0. The molecule has 1 aromatic heterocycles. The van der Waals surface area contributed by atoms with Gasteiger partial charge in [-0.25, -0.2) is 12.7 Å². The van der Waals surface area contributed by atoms with Gasteiger partial charge in [0.25, 0.3) is 0 Å². The molecule has 0 unspecified atom stereocenters. The van der Waals surface area contributed by atoms with Crippen LogP contribution in [0, 0.1) is 12.8 Å². The van der Waals surface area contributed by atoms with E-state index >= 15 is 0 Å². The first-order valence-corrected chi connectivity index (χ1v) is 12.1. The standard InChI is InChI=1S/C21H30N4O4S/c1-5-30(26,27)25-12-18-11-24(10-17-8-6-7-9-19(17)28-15(2)3)13-21(18,14-25)20-22-16(4)23-29-20/h6-9,15,18H,5,10-14H2,1-4H3/t18-,21-/m0/s1. The Morgan fingerprint density at radius 3 is 2.70 bits per heavy atom. The molecule has 0 aliphatic carbocycles. The quantitative estimate of drug-likeness (QED) is 0.660. The molecule has 0 bridgehead atoms.